The average Bonchev–Trinajstić information content (AvgIpc) is 3.09. The fourth-order valence-electron chi connectivity index (χ4n) is 2.14. The Bertz CT molecular complexity index is 812. The highest BCUT2D eigenvalue weighted by Gasteiger charge is 2.20. The molecule has 0 bridgehead atoms. The first-order valence-corrected chi connectivity index (χ1v) is 8.84. The number of fused-ring (bicyclic) bond motifs is 1. The molecule has 8 heteroatoms. The van der Waals surface area contributed by atoms with Crippen LogP contribution >= 0.6 is 11.8 Å². The van der Waals surface area contributed by atoms with Crippen LogP contribution in [0, 0.1) is 5.82 Å². The predicted octanol–water partition coefficient (Wildman–Crippen LogP) is 3.22. The van der Waals surface area contributed by atoms with E-state index in [4.69, 9.17) is 14.2 Å². The Morgan fingerprint density at radius 1 is 1.19 bits per heavy atom. The Kier molecular flexibility index (Phi) is 5.62. The molecule has 0 spiro atoms. The second kappa shape index (κ2) is 8.09. The lowest BCUT2D eigenvalue weighted by Gasteiger charge is -2.11. The van der Waals surface area contributed by atoms with Gasteiger partial charge in [-0.1, -0.05) is 0 Å². The van der Waals surface area contributed by atoms with E-state index in [1.54, 1.807) is 25.1 Å². The SMILES string of the molecule is C[C@@H](SCC(=O)Nc1ccc(F)cc1)C(=O)Oc1ccc2c(c1)OCO2. The molecular formula is C18H16FNO5S. The smallest absolute Gasteiger partial charge is 0.324 e. The van der Waals surface area contributed by atoms with Crippen LogP contribution in [0.4, 0.5) is 10.1 Å². The molecule has 1 aliphatic rings. The van der Waals surface area contributed by atoms with Gasteiger partial charge in [0.05, 0.1) is 5.75 Å². The van der Waals surface area contributed by atoms with Gasteiger partial charge in [-0.2, -0.15) is 0 Å². The third-order valence-electron chi connectivity index (χ3n) is 3.49. The van der Waals surface area contributed by atoms with Gasteiger partial charge in [-0.3, -0.25) is 9.59 Å². The molecule has 0 radical (unpaired) electrons. The lowest BCUT2D eigenvalue weighted by molar-refractivity contribution is -0.133. The summed E-state index contributed by atoms with van der Waals surface area (Å²) in [5.74, 6) is 0.404. The number of rotatable bonds is 6. The highest BCUT2D eigenvalue weighted by molar-refractivity contribution is 8.01. The van der Waals surface area contributed by atoms with Crippen molar-refractivity contribution >= 4 is 29.3 Å². The van der Waals surface area contributed by atoms with Gasteiger partial charge >= 0.3 is 5.97 Å². The minimum absolute atomic E-state index is 0.0643. The van der Waals surface area contributed by atoms with E-state index in [2.05, 4.69) is 5.32 Å². The number of carbonyl (C=O) groups excluding carboxylic acids is 2. The van der Waals surface area contributed by atoms with Crippen LogP contribution in [-0.4, -0.2) is 29.7 Å². The number of nitrogens with one attached hydrogen (secondary N) is 1. The number of thioether (sulfide) groups is 1. The molecule has 0 saturated carbocycles. The number of halogens is 1. The molecule has 2 aromatic carbocycles. The van der Waals surface area contributed by atoms with Crippen LogP contribution < -0.4 is 19.5 Å². The summed E-state index contributed by atoms with van der Waals surface area (Å²) in [5.41, 5.74) is 0.493. The lowest BCUT2D eigenvalue weighted by Crippen LogP contribution is -2.23. The van der Waals surface area contributed by atoms with Gasteiger partial charge < -0.3 is 19.5 Å². The summed E-state index contributed by atoms with van der Waals surface area (Å²) >= 11 is 1.14. The van der Waals surface area contributed by atoms with Gasteiger partial charge in [-0.25, -0.2) is 4.39 Å². The van der Waals surface area contributed by atoms with Gasteiger partial charge in [-0.15, -0.1) is 11.8 Å². The summed E-state index contributed by atoms with van der Waals surface area (Å²) in [6.07, 6.45) is 0. The van der Waals surface area contributed by atoms with Crippen molar-refractivity contribution in [2.24, 2.45) is 0 Å². The van der Waals surface area contributed by atoms with E-state index in [-0.39, 0.29) is 24.3 Å². The van der Waals surface area contributed by atoms with Crippen LogP contribution in [0.2, 0.25) is 0 Å². The molecule has 1 heterocycles. The first kappa shape index (κ1) is 18.1. The van der Waals surface area contributed by atoms with Crippen molar-refractivity contribution in [3.8, 4) is 17.2 Å². The van der Waals surface area contributed by atoms with E-state index in [1.165, 1.54) is 24.3 Å². The standard InChI is InChI=1S/C18H16FNO5S/c1-11(26-9-17(21)20-13-4-2-12(19)3-5-13)18(22)25-14-6-7-15-16(8-14)24-10-23-15/h2-8,11H,9-10H2,1H3,(H,20,21)/t11-/m1/s1. The number of hydrogen-bond donors (Lipinski definition) is 1. The third kappa shape index (κ3) is 4.66. The van der Waals surface area contributed by atoms with Crippen molar-refractivity contribution in [1.29, 1.82) is 0 Å². The largest absolute Gasteiger partial charge is 0.454 e. The zero-order valence-corrected chi connectivity index (χ0v) is 14.7. The number of esters is 1. The van der Waals surface area contributed by atoms with Crippen molar-refractivity contribution in [2.75, 3.05) is 17.9 Å². The summed E-state index contributed by atoms with van der Waals surface area (Å²) < 4.78 is 28.6. The van der Waals surface area contributed by atoms with Gasteiger partial charge in [0.1, 0.15) is 16.8 Å². The molecule has 1 atom stereocenters. The van der Waals surface area contributed by atoms with E-state index < -0.39 is 11.2 Å². The Morgan fingerprint density at radius 2 is 1.92 bits per heavy atom. The number of ether oxygens (including phenoxy) is 3. The predicted molar refractivity (Wildman–Crippen MR) is 95.1 cm³/mol. The van der Waals surface area contributed by atoms with Gasteiger partial charge in [0.2, 0.25) is 12.7 Å². The number of carbonyl (C=O) groups is 2. The summed E-state index contributed by atoms with van der Waals surface area (Å²) in [4.78, 5) is 24.0. The summed E-state index contributed by atoms with van der Waals surface area (Å²) in [7, 11) is 0. The molecule has 3 rings (SSSR count). The van der Waals surface area contributed by atoms with Crippen molar-refractivity contribution in [3.63, 3.8) is 0 Å². The molecule has 0 aliphatic carbocycles. The van der Waals surface area contributed by atoms with Gasteiger partial charge in [0, 0.05) is 11.8 Å². The highest BCUT2D eigenvalue weighted by Crippen LogP contribution is 2.35. The number of hydrogen-bond acceptors (Lipinski definition) is 6. The van der Waals surface area contributed by atoms with Gasteiger partial charge in [0.15, 0.2) is 11.5 Å². The molecule has 1 N–H and O–H groups in total. The molecule has 1 amide bonds. The van der Waals surface area contributed by atoms with E-state index in [0.717, 1.165) is 11.8 Å². The normalized spacial score (nSPS) is 13.2. The van der Waals surface area contributed by atoms with Crippen LogP contribution in [0.15, 0.2) is 42.5 Å². The summed E-state index contributed by atoms with van der Waals surface area (Å²) in [6, 6.07) is 10.3. The zero-order valence-electron chi connectivity index (χ0n) is 13.9. The zero-order chi connectivity index (χ0) is 18.5. The Balaban J connectivity index is 1.46. The van der Waals surface area contributed by atoms with Crippen LogP contribution in [0.1, 0.15) is 6.92 Å². The molecule has 136 valence electrons. The molecule has 1 aliphatic heterocycles. The number of benzene rings is 2. The fourth-order valence-corrected chi connectivity index (χ4v) is 2.80. The Morgan fingerprint density at radius 3 is 2.69 bits per heavy atom. The molecule has 0 saturated heterocycles. The van der Waals surface area contributed by atoms with Crippen LogP contribution in [0.5, 0.6) is 17.2 Å². The second-order valence-corrected chi connectivity index (χ2v) is 6.77. The first-order chi connectivity index (χ1) is 12.5. The molecular weight excluding hydrogens is 361 g/mol. The quantitative estimate of drug-likeness (QED) is 0.616. The second-order valence-electron chi connectivity index (χ2n) is 5.44. The van der Waals surface area contributed by atoms with Crippen molar-refractivity contribution < 1.29 is 28.2 Å². The third-order valence-corrected chi connectivity index (χ3v) is 4.61. The van der Waals surface area contributed by atoms with Crippen LogP contribution in [0.25, 0.3) is 0 Å². The van der Waals surface area contributed by atoms with E-state index in [9.17, 15) is 14.0 Å². The fraction of sp³-hybridized carbons (Fsp3) is 0.222. The maximum absolute atomic E-state index is 12.8. The van der Waals surface area contributed by atoms with Crippen LogP contribution in [-0.2, 0) is 9.59 Å². The van der Waals surface area contributed by atoms with Gasteiger partial charge in [-0.05, 0) is 43.3 Å². The van der Waals surface area contributed by atoms with E-state index in [1.807, 2.05) is 0 Å². The first-order valence-electron chi connectivity index (χ1n) is 7.79. The molecule has 0 aromatic heterocycles. The van der Waals surface area contributed by atoms with Crippen molar-refractivity contribution in [1.82, 2.24) is 0 Å². The van der Waals surface area contributed by atoms with E-state index >= 15 is 0 Å². The minimum atomic E-state index is -0.542. The molecule has 26 heavy (non-hydrogen) atoms. The number of anilines is 1. The van der Waals surface area contributed by atoms with Crippen molar-refractivity contribution in [3.05, 3.63) is 48.3 Å². The highest BCUT2D eigenvalue weighted by atomic mass is 32.2. The maximum atomic E-state index is 12.8. The topological polar surface area (TPSA) is 73.9 Å². The monoisotopic (exact) mass is 377 g/mol. The summed E-state index contributed by atoms with van der Waals surface area (Å²) in [5, 5.41) is 2.09. The Hall–Kier alpha value is -2.74. The Labute approximate surface area is 153 Å². The molecule has 6 nitrogen and oxygen atoms in total. The number of amides is 1. The lowest BCUT2D eigenvalue weighted by atomic mass is 10.3. The maximum Gasteiger partial charge on any atom is 0.324 e. The van der Waals surface area contributed by atoms with E-state index in [0.29, 0.717) is 22.9 Å². The average molecular weight is 377 g/mol. The molecule has 0 fully saturated rings. The summed E-state index contributed by atoms with van der Waals surface area (Å²) in [6.45, 7) is 1.80. The van der Waals surface area contributed by atoms with Gasteiger partial charge in [0.25, 0.3) is 0 Å². The van der Waals surface area contributed by atoms with Crippen LogP contribution in [0.3, 0.4) is 0 Å². The molecule has 2 aromatic rings. The minimum Gasteiger partial charge on any atom is -0.454 e. The molecule has 0 unspecified atom stereocenters. The van der Waals surface area contributed by atoms with Crippen molar-refractivity contribution in [2.45, 2.75) is 12.2 Å².